The van der Waals surface area contributed by atoms with Crippen LogP contribution in [0.3, 0.4) is 0 Å². The average Bonchev–Trinajstić information content (AvgIpc) is 2.65. The Morgan fingerprint density at radius 2 is 1.92 bits per heavy atom. The number of pyridine rings is 1. The van der Waals surface area contributed by atoms with Gasteiger partial charge in [0.1, 0.15) is 18.4 Å². The van der Waals surface area contributed by atoms with E-state index in [1.54, 1.807) is 30.5 Å². The molecule has 1 aromatic heterocycles. The second-order valence-electron chi connectivity index (χ2n) is 6.20. The number of ether oxygens (including phenoxy) is 1. The molecule has 1 aromatic carbocycles. The molecule has 138 valence electrons. The number of carbonyl (C=O) groups is 2. The number of carbonyl (C=O) groups excluding carboxylic acids is 1. The van der Waals surface area contributed by atoms with Gasteiger partial charge in [0, 0.05) is 6.20 Å². The van der Waals surface area contributed by atoms with Gasteiger partial charge in [0.15, 0.2) is 0 Å². The van der Waals surface area contributed by atoms with Crippen LogP contribution < -0.4 is 10.1 Å². The molecular formula is C20H24N2O4. The molecule has 0 aliphatic carbocycles. The number of aliphatic carboxylic acids is 1. The predicted molar refractivity (Wildman–Crippen MR) is 97.7 cm³/mol. The van der Waals surface area contributed by atoms with E-state index in [-0.39, 0.29) is 18.2 Å². The number of nitrogens with one attached hydrogen (secondary N) is 1. The number of aromatic nitrogens is 1. The van der Waals surface area contributed by atoms with E-state index in [9.17, 15) is 14.7 Å². The molecule has 0 unspecified atom stereocenters. The molecule has 1 amide bonds. The van der Waals surface area contributed by atoms with Gasteiger partial charge in [0.2, 0.25) is 5.91 Å². The highest BCUT2D eigenvalue weighted by Gasteiger charge is 2.25. The fraction of sp³-hybridized carbons (Fsp3) is 0.350. The summed E-state index contributed by atoms with van der Waals surface area (Å²) in [6, 6.07) is 11.9. The number of carboxylic acid groups (broad SMARTS) is 1. The Morgan fingerprint density at radius 1 is 1.19 bits per heavy atom. The molecule has 0 saturated carbocycles. The molecular weight excluding hydrogens is 332 g/mol. The number of benzene rings is 1. The van der Waals surface area contributed by atoms with Gasteiger partial charge in [-0.05, 0) is 35.7 Å². The van der Waals surface area contributed by atoms with Crippen LogP contribution in [0.15, 0.2) is 48.7 Å². The summed E-state index contributed by atoms with van der Waals surface area (Å²) in [6.45, 7) is 4.08. The fourth-order valence-electron chi connectivity index (χ4n) is 2.44. The van der Waals surface area contributed by atoms with Gasteiger partial charge in [-0.25, -0.2) is 4.79 Å². The van der Waals surface area contributed by atoms with Crippen LogP contribution in [0, 0.1) is 5.92 Å². The Hall–Kier alpha value is -2.89. The number of hydrogen-bond donors (Lipinski definition) is 2. The highest BCUT2D eigenvalue weighted by Crippen LogP contribution is 2.15. The van der Waals surface area contributed by atoms with Gasteiger partial charge in [-0.3, -0.25) is 9.78 Å². The third-order valence-electron chi connectivity index (χ3n) is 4.20. The third-order valence-corrected chi connectivity index (χ3v) is 4.20. The molecule has 6 nitrogen and oxygen atoms in total. The molecule has 0 bridgehead atoms. The summed E-state index contributed by atoms with van der Waals surface area (Å²) < 4.78 is 5.65. The topological polar surface area (TPSA) is 88.5 Å². The van der Waals surface area contributed by atoms with E-state index in [1.807, 2.05) is 32.0 Å². The minimum absolute atomic E-state index is 0.126. The van der Waals surface area contributed by atoms with Crippen molar-refractivity contribution in [3.8, 4) is 5.75 Å². The molecule has 0 spiro atoms. The van der Waals surface area contributed by atoms with E-state index >= 15 is 0 Å². The highest BCUT2D eigenvalue weighted by atomic mass is 16.5. The molecule has 0 fully saturated rings. The Labute approximate surface area is 153 Å². The SMILES string of the molecule is CC[C@H](C)[C@H](NC(=O)Cc1ccc(OCc2ccccn2)cc1)C(=O)O. The first-order valence-corrected chi connectivity index (χ1v) is 8.63. The molecule has 1 heterocycles. The summed E-state index contributed by atoms with van der Waals surface area (Å²) in [7, 11) is 0. The van der Waals surface area contributed by atoms with Crippen molar-refractivity contribution in [3.63, 3.8) is 0 Å². The third kappa shape index (κ3) is 5.88. The Balaban J connectivity index is 1.87. The maximum Gasteiger partial charge on any atom is 0.326 e. The lowest BCUT2D eigenvalue weighted by atomic mass is 9.99. The quantitative estimate of drug-likeness (QED) is 0.721. The first-order valence-electron chi connectivity index (χ1n) is 8.63. The van der Waals surface area contributed by atoms with E-state index in [1.165, 1.54) is 0 Å². The number of amides is 1. The van der Waals surface area contributed by atoms with Gasteiger partial charge in [-0.15, -0.1) is 0 Å². The fourth-order valence-corrected chi connectivity index (χ4v) is 2.44. The number of carboxylic acids is 1. The average molecular weight is 356 g/mol. The van der Waals surface area contributed by atoms with E-state index in [0.717, 1.165) is 11.3 Å². The van der Waals surface area contributed by atoms with Gasteiger partial charge < -0.3 is 15.2 Å². The molecule has 0 radical (unpaired) electrons. The van der Waals surface area contributed by atoms with E-state index in [4.69, 9.17) is 4.74 Å². The minimum atomic E-state index is -1.01. The van der Waals surface area contributed by atoms with Crippen LogP contribution >= 0.6 is 0 Å². The summed E-state index contributed by atoms with van der Waals surface area (Å²) >= 11 is 0. The molecule has 2 N–H and O–H groups in total. The van der Waals surface area contributed by atoms with Crippen molar-refractivity contribution in [3.05, 3.63) is 59.9 Å². The maximum atomic E-state index is 12.1. The van der Waals surface area contributed by atoms with Gasteiger partial charge >= 0.3 is 5.97 Å². The Kier molecular flexibility index (Phi) is 7.14. The van der Waals surface area contributed by atoms with Gasteiger partial charge in [0.05, 0.1) is 12.1 Å². The lowest BCUT2D eigenvalue weighted by molar-refractivity contribution is -0.143. The predicted octanol–water partition coefficient (Wildman–Crippen LogP) is 2.82. The monoisotopic (exact) mass is 356 g/mol. The lowest BCUT2D eigenvalue weighted by Crippen LogP contribution is -2.45. The van der Waals surface area contributed by atoms with Gasteiger partial charge in [-0.2, -0.15) is 0 Å². The smallest absolute Gasteiger partial charge is 0.326 e. The van der Waals surface area contributed by atoms with Crippen LogP contribution in [0.4, 0.5) is 0 Å². The molecule has 0 aliphatic heterocycles. The molecule has 2 atom stereocenters. The van der Waals surface area contributed by atoms with Crippen molar-refractivity contribution in [1.29, 1.82) is 0 Å². The molecule has 6 heteroatoms. The Morgan fingerprint density at radius 3 is 2.50 bits per heavy atom. The second kappa shape index (κ2) is 9.56. The summed E-state index contributed by atoms with van der Waals surface area (Å²) in [5, 5.41) is 11.8. The first kappa shape index (κ1) is 19.4. The number of nitrogens with zero attached hydrogens (tertiary/aromatic N) is 1. The Bertz CT molecular complexity index is 716. The summed E-state index contributed by atoms with van der Waals surface area (Å²) in [4.78, 5) is 27.6. The zero-order valence-corrected chi connectivity index (χ0v) is 15.0. The standard InChI is InChI=1S/C20H24N2O4/c1-3-14(2)19(20(24)25)22-18(23)12-15-7-9-17(10-8-15)26-13-16-6-4-5-11-21-16/h4-11,14,19H,3,12-13H2,1-2H3,(H,22,23)(H,24,25)/t14-,19-/m0/s1. The van der Waals surface area contributed by atoms with Crippen molar-refractivity contribution in [2.45, 2.75) is 39.3 Å². The molecule has 0 saturated heterocycles. The largest absolute Gasteiger partial charge is 0.487 e. The van der Waals surface area contributed by atoms with E-state index < -0.39 is 12.0 Å². The van der Waals surface area contributed by atoms with Crippen LogP contribution in [-0.4, -0.2) is 28.0 Å². The van der Waals surface area contributed by atoms with Crippen LogP contribution in [0.5, 0.6) is 5.75 Å². The van der Waals surface area contributed by atoms with E-state index in [2.05, 4.69) is 10.3 Å². The van der Waals surface area contributed by atoms with E-state index in [0.29, 0.717) is 18.8 Å². The number of hydrogen-bond acceptors (Lipinski definition) is 4. The highest BCUT2D eigenvalue weighted by molar-refractivity contribution is 5.85. The first-order chi connectivity index (χ1) is 12.5. The van der Waals surface area contributed by atoms with Crippen LogP contribution in [0.1, 0.15) is 31.5 Å². The summed E-state index contributed by atoms with van der Waals surface area (Å²) in [6.07, 6.45) is 2.52. The van der Waals surface area contributed by atoms with Crippen molar-refractivity contribution in [2.75, 3.05) is 0 Å². The van der Waals surface area contributed by atoms with Crippen LogP contribution in [-0.2, 0) is 22.6 Å². The van der Waals surface area contributed by atoms with Gasteiger partial charge in [-0.1, -0.05) is 38.5 Å². The van der Waals surface area contributed by atoms with Crippen molar-refractivity contribution in [1.82, 2.24) is 10.3 Å². The maximum absolute atomic E-state index is 12.1. The van der Waals surface area contributed by atoms with Gasteiger partial charge in [0.25, 0.3) is 0 Å². The molecule has 0 aliphatic rings. The normalized spacial score (nSPS) is 12.8. The molecule has 2 rings (SSSR count). The summed E-state index contributed by atoms with van der Waals surface area (Å²) in [5.41, 5.74) is 1.63. The zero-order chi connectivity index (χ0) is 18.9. The summed E-state index contributed by atoms with van der Waals surface area (Å²) in [5.74, 6) is -0.757. The minimum Gasteiger partial charge on any atom is -0.487 e. The van der Waals surface area contributed by atoms with Crippen LogP contribution in [0.25, 0.3) is 0 Å². The van der Waals surface area contributed by atoms with Crippen molar-refractivity contribution in [2.24, 2.45) is 5.92 Å². The zero-order valence-electron chi connectivity index (χ0n) is 15.0. The van der Waals surface area contributed by atoms with Crippen molar-refractivity contribution >= 4 is 11.9 Å². The van der Waals surface area contributed by atoms with Crippen molar-refractivity contribution < 1.29 is 19.4 Å². The second-order valence-corrected chi connectivity index (χ2v) is 6.20. The molecule has 26 heavy (non-hydrogen) atoms. The molecule has 2 aromatic rings. The lowest BCUT2D eigenvalue weighted by Gasteiger charge is -2.20. The van der Waals surface area contributed by atoms with Crippen LogP contribution in [0.2, 0.25) is 0 Å². The number of rotatable bonds is 9.